The fourth-order valence-electron chi connectivity index (χ4n) is 6.41. The molecular weight excluding hydrogens is 486 g/mol. The van der Waals surface area contributed by atoms with Crippen molar-refractivity contribution in [1.29, 1.82) is 0 Å². The second kappa shape index (κ2) is 7.63. The topological polar surface area (TPSA) is 21.7 Å². The van der Waals surface area contributed by atoms with Gasteiger partial charge in [0.1, 0.15) is 0 Å². The molecule has 0 aliphatic rings. The number of fused-ring (bicyclic) bond motifs is 9. The quantitative estimate of drug-likeness (QED) is 0.211. The van der Waals surface area contributed by atoms with E-state index in [0.717, 1.165) is 16.8 Å². The molecule has 0 N–H and O–H groups in total. The maximum atomic E-state index is 5.16. The summed E-state index contributed by atoms with van der Waals surface area (Å²) in [5.74, 6) is 0.974. The summed E-state index contributed by atoms with van der Waals surface area (Å²) in [6.45, 7) is 13.9. The van der Waals surface area contributed by atoms with Crippen LogP contribution in [0.1, 0.15) is 52.7 Å². The predicted octanol–water partition coefficient (Wildman–Crippen LogP) is 9.90. The first kappa shape index (κ1) is 23.5. The Bertz CT molecular complexity index is 2250. The van der Waals surface area contributed by atoms with Crippen molar-refractivity contribution in [2.24, 2.45) is 0 Å². The van der Waals surface area contributed by atoms with Gasteiger partial charge in [-0.1, -0.05) is 96.1 Å². The Balaban J connectivity index is 1.56. The Morgan fingerprint density at radius 2 is 1.15 bits per heavy atom. The lowest BCUT2D eigenvalue weighted by Crippen LogP contribution is -2.16. The van der Waals surface area contributed by atoms with Gasteiger partial charge in [-0.25, -0.2) is 4.98 Å². The van der Waals surface area contributed by atoms with E-state index in [4.69, 9.17) is 4.98 Å². The Morgan fingerprint density at radius 3 is 1.85 bits per heavy atom. The molecule has 3 heterocycles. The van der Waals surface area contributed by atoms with Gasteiger partial charge in [-0.2, -0.15) is 0 Å². The van der Waals surface area contributed by atoms with E-state index in [9.17, 15) is 0 Å². The molecule has 0 atom stereocenters. The zero-order valence-electron chi connectivity index (χ0n) is 24.0. The van der Waals surface area contributed by atoms with E-state index in [1.165, 1.54) is 60.3 Å². The number of nitrogens with zero attached hydrogens (tertiary/aromatic N) is 3. The third kappa shape index (κ3) is 3.21. The number of aromatic nitrogens is 3. The standard InChI is InChI=1S/C37H33N3/c1-36(2,3)26-15-24(16-27(21-26)37(4,5)6)25-18-29-28-17-22-11-7-8-12-23(22)19-32(28)40-34(29)33(20-25)39-31-14-10-9-13-30(31)38-35(39)40/h7-21H,1-6H3. The van der Waals surface area contributed by atoms with E-state index in [0.29, 0.717) is 0 Å². The summed E-state index contributed by atoms with van der Waals surface area (Å²) >= 11 is 0. The van der Waals surface area contributed by atoms with Crippen LogP contribution in [-0.2, 0) is 10.8 Å². The van der Waals surface area contributed by atoms with Gasteiger partial charge in [0, 0.05) is 10.8 Å². The number of hydrogen-bond acceptors (Lipinski definition) is 1. The lowest BCUT2D eigenvalue weighted by molar-refractivity contribution is 0.569. The van der Waals surface area contributed by atoms with Gasteiger partial charge in [-0.05, 0) is 80.3 Å². The molecule has 0 fully saturated rings. The summed E-state index contributed by atoms with van der Waals surface area (Å²) in [4.78, 5) is 5.16. The van der Waals surface area contributed by atoms with Crippen molar-refractivity contribution in [3.63, 3.8) is 0 Å². The first-order valence-corrected chi connectivity index (χ1v) is 14.2. The monoisotopic (exact) mass is 519 g/mol. The third-order valence-electron chi connectivity index (χ3n) is 8.69. The minimum absolute atomic E-state index is 0.0551. The van der Waals surface area contributed by atoms with Gasteiger partial charge in [0.15, 0.2) is 0 Å². The fourth-order valence-corrected chi connectivity index (χ4v) is 6.41. The van der Waals surface area contributed by atoms with Crippen LogP contribution in [0.3, 0.4) is 0 Å². The molecule has 0 amide bonds. The molecular formula is C37H33N3. The van der Waals surface area contributed by atoms with Crippen LogP contribution in [0.15, 0.2) is 91.0 Å². The molecule has 0 aliphatic carbocycles. The molecule has 0 radical (unpaired) electrons. The molecule has 40 heavy (non-hydrogen) atoms. The summed E-state index contributed by atoms with van der Waals surface area (Å²) in [5, 5.41) is 5.07. The van der Waals surface area contributed by atoms with Crippen molar-refractivity contribution < 1.29 is 0 Å². The molecule has 3 aromatic heterocycles. The van der Waals surface area contributed by atoms with Crippen molar-refractivity contribution >= 4 is 54.9 Å². The Kier molecular flexibility index (Phi) is 4.49. The van der Waals surface area contributed by atoms with Crippen LogP contribution < -0.4 is 0 Å². The van der Waals surface area contributed by atoms with E-state index >= 15 is 0 Å². The fraction of sp³-hybridized carbons (Fsp3) is 0.216. The largest absolute Gasteiger partial charge is 0.277 e. The first-order chi connectivity index (χ1) is 19.1. The average molecular weight is 520 g/mol. The van der Waals surface area contributed by atoms with E-state index in [1.807, 2.05) is 0 Å². The van der Waals surface area contributed by atoms with Crippen LogP contribution in [0, 0.1) is 0 Å². The van der Waals surface area contributed by atoms with Crippen LogP contribution in [0.2, 0.25) is 0 Å². The zero-order chi connectivity index (χ0) is 27.6. The number of para-hydroxylation sites is 2. The molecule has 3 heteroatoms. The molecule has 0 bridgehead atoms. The number of rotatable bonds is 1. The van der Waals surface area contributed by atoms with Gasteiger partial charge >= 0.3 is 0 Å². The molecule has 8 rings (SSSR count). The van der Waals surface area contributed by atoms with Crippen LogP contribution in [0.4, 0.5) is 0 Å². The summed E-state index contributed by atoms with van der Waals surface area (Å²) in [7, 11) is 0. The molecule has 196 valence electrons. The Labute approximate surface area is 234 Å². The highest BCUT2D eigenvalue weighted by molar-refractivity contribution is 6.19. The van der Waals surface area contributed by atoms with E-state index < -0.39 is 0 Å². The van der Waals surface area contributed by atoms with Crippen LogP contribution in [-0.4, -0.2) is 13.8 Å². The minimum atomic E-state index is 0.0551. The molecule has 0 saturated carbocycles. The highest BCUT2D eigenvalue weighted by atomic mass is 15.2. The second-order valence-electron chi connectivity index (χ2n) is 13.5. The average Bonchev–Trinajstić information content (AvgIpc) is 3.55. The van der Waals surface area contributed by atoms with Gasteiger partial charge < -0.3 is 0 Å². The van der Waals surface area contributed by atoms with Crippen LogP contribution in [0.25, 0.3) is 66.0 Å². The minimum Gasteiger partial charge on any atom is -0.277 e. The molecule has 0 saturated heterocycles. The molecule has 0 spiro atoms. The maximum Gasteiger partial charge on any atom is 0.220 e. The van der Waals surface area contributed by atoms with Crippen molar-refractivity contribution in [3.05, 3.63) is 102 Å². The van der Waals surface area contributed by atoms with Gasteiger partial charge in [0.05, 0.1) is 27.6 Å². The summed E-state index contributed by atoms with van der Waals surface area (Å²) in [6, 6.07) is 33.9. The van der Waals surface area contributed by atoms with E-state index in [2.05, 4.69) is 141 Å². The third-order valence-corrected chi connectivity index (χ3v) is 8.69. The molecule has 3 nitrogen and oxygen atoms in total. The first-order valence-electron chi connectivity index (χ1n) is 14.2. The van der Waals surface area contributed by atoms with Crippen molar-refractivity contribution in [3.8, 4) is 11.1 Å². The highest BCUT2D eigenvalue weighted by Crippen LogP contribution is 2.42. The lowest BCUT2D eigenvalue weighted by atomic mass is 9.79. The predicted molar refractivity (Wildman–Crippen MR) is 170 cm³/mol. The Morgan fingerprint density at radius 1 is 0.525 bits per heavy atom. The smallest absolute Gasteiger partial charge is 0.220 e. The van der Waals surface area contributed by atoms with Gasteiger partial charge in [-0.15, -0.1) is 0 Å². The zero-order valence-corrected chi connectivity index (χ0v) is 24.0. The van der Waals surface area contributed by atoms with Crippen LogP contribution >= 0.6 is 0 Å². The SMILES string of the molecule is CC(C)(C)c1cc(-c2cc3c4cc5ccccc5cc4n4c3c(c2)n2c3ccccc3nc24)cc(C(C)(C)C)c1. The summed E-state index contributed by atoms with van der Waals surface area (Å²) < 4.78 is 4.73. The summed E-state index contributed by atoms with van der Waals surface area (Å²) in [5.41, 5.74) is 11.2. The number of hydrogen-bond donors (Lipinski definition) is 0. The lowest BCUT2D eigenvalue weighted by Gasteiger charge is -2.26. The Hall–Kier alpha value is -4.37. The van der Waals surface area contributed by atoms with Gasteiger partial charge in [0.2, 0.25) is 5.78 Å². The van der Waals surface area contributed by atoms with Gasteiger partial charge in [0.25, 0.3) is 0 Å². The second-order valence-corrected chi connectivity index (χ2v) is 13.5. The molecule has 0 aliphatic heterocycles. The molecule has 5 aromatic carbocycles. The normalized spacial score (nSPS) is 13.2. The highest BCUT2D eigenvalue weighted by Gasteiger charge is 2.24. The number of imidazole rings is 2. The van der Waals surface area contributed by atoms with Crippen molar-refractivity contribution in [2.45, 2.75) is 52.4 Å². The van der Waals surface area contributed by atoms with Crippen molar-refractivity contribution in [1.82, 2.24) is 13.8 Å². The number of benzene rings is 5. The van der Waals surface area contributed by atoms with Crippen molar-refractivity contribution in [2.75, 3.05) is 0 Å². The molecule has 8 aromatic rings. The molecule has 0 unspecified atom stereocenters. The summed E-state index contributed by atoms with van der Waals surface area (Å²) in [6.07, 6.45) is 0. The van der Waals surface area contributed by atoms with E-state index in [1.54, 1.807) is 0 Å². The maximum absolute atomic E-state index is 5.16. The van der Waals surface area contributed by atoms with E-state index in [-0.39, 0.29) is 10.8 Å². The van der Waals surface area contributed by atoms with Crippen LogP contribution in [0.5, 0.6) is 0 Å². The van der Waals surface area contributed by atoms with Gasteiger partial charge in [-0.3, -0.25) is 8.80 Å².